The maximum Gasteiger partial charge on any atom is 0.573 e. The van der Waals surface area contributed by atoms with E-state index in [1.807, 2.05) is 0 Å². The molecule has 0 saturated heterocycles. The fraction of sp³-hybridized carbons (Fsp3) is 0.250. The molecule has 0 aromatic heterocycles. The quantitative estimate of drug-likeness (QED) is 0.573. The van der Waals surface area contributed by atoms with E-state index in [2.05, 4.69) is 4.74 Å². The van der Waals surface area contributed by atoms with E-state index < -0.39 is 24.6 Å². The second-order valence-electron chi connectivity index (χ2n) is 3.15. The highest BCUT2D eigenvalue weighted by Gasteiger charge is 2.32. The Morgan fingerprint density at radius 3 is 2.06 bits per heavy atom. The van der Waals surface area contributed by atoms with Crippen LogP contribution in [0.5, 0.6) is 5.75 Å². The molecule has 0 unspecified atom stereocenters. The summed E-state index contributed by atoms with van der Waals surface area (Å²) in [5.41, 5.74) is -1.17. The standard InChI is InChI=1S/C8H6BF6O/c1-5-4-6(9(13,14)15)2-3-7(5)16-8(10,11)12/h2-4H,1H3/q-1. The minimum Gasteiger partial charge on any atom is -0.445 e. The van der Waals surface area contributed by atoms with Gasteiger partial charge in [-0.1, -0.05) is 12.1 Å². The second-order valence-corrected chi connectivity index (χ2v) is 3.15. The first-order valence-corrected chi connectivity index (χ1v) is 4.16. The van der Waals surface area contributed by atoms with Crippen LogP contribution < -0.4 is 10.2 Å². The van der Waals surface area contributed by atoms with Crippen LogP contribution in [0.4, 0.5) is 26.1 Å². The minimum absolute atomic E-state index is 0.214. The normalized spacial score (nSPS) is 12.7. The molecular weight excluding hydrogens is 237 g/mol. The fourth-order valence-electron chi connectivity index (χ4n) is 1.12. The van der Waals surface area contributed by atoms with Crippen molar-refractivity contribution in [3.63, 3.8) is 0 Å². The summed E-state index contributed by atoms with van der Waals surface area (Å²) in [6.07, 6.45) is -4.91. The molecule has 16 heavy (non-hydrogen) atoms. The summed E-state index contributed by atoms with van der Waals surface area (Å²) < 4.78 is 75.7. The van der Waals surface area contributed by atoms with Gasteiger partial charge in [0, 0.05) is 0 Å². The number of ether oxygens (including phenoxy) is 1. The van der Waals surface area contributed by atoms with Gasteiger partial charge < -0.3 is 17.7 Å². The molecule has 1 aromatic rings. The topological polar surface area (TPSA) is 9.23 Å². The molecule has 8 heteroatoms. The average molecular weight is 243 g/mol. The van der Waals surface area contributed by atoms with Gasteiger partial charge in [0.05, 0.1) is 0 Å². The van der Waals surface area contributed by atoms with Gasteiger partial charge in [-0.25, -0.2) is 0 Å². The Kier molecular flexibility index (Phi) is 3.11. The summed E-state index contributed by atoms with van der Waals surface area (Å²) >= 11 is 0. The number of benzene rings is 1. The molecule has 0 fully saturated rings. The number of alkyl halides is 3. The summed E-state index contributed by atoms with van der Waals surface area (Å²) in [5, 5.41) is 0. The highest BCUT2D eigenvalue weighted by molar-refractivity contribution is 6.73. The summed E-state index contributed by atoms with van der Waals surface area (Å²) in [5.74, 6) is -0.628. The summed E-state index contributed by atoms with van der Waals surface area (Å²) in [6, 6.07) is 1.85. The van der Waals surface area contributed by atoms with E-state index in [4.69, 9.17) is 0 Å². The van der Waals surface area contributed by atoms with E-state index in [1.165, 1.54) is 0 Å². The van der Waals surface area contributed by atoms with Crippen LogP contribution in [0.3, 0.4) is 0 Å². The Morgan fingerprint density at radius 2 is 1.69 bits per heavy atom. The number of halogens is 6. The molecule has 0 aliphatic carbocycles. The van der Waals surface area contributed by atoms with Crippen LogP contribution in [-0.4, -0.2) is 13.3 Å². The van der Waals surface area contributed by atoms with E-state index >= 15 is 0 Å². The third-order valence-corrected chi connectivity index (χ3v) is 1.80. The first-order valence-electron chi connectivity index (χ1n) is 4.16. The van der Waals surface area contributed by atoms with E-state index in [1.54, 1.807) is 0 Å². The number of hydrogen-bond acceptors (Lipinski definition) is 1. The lowest BCUT2D eigenvalue weighted by Crippen LogP contribution is -2.34. The van der Waals surface area contributed by atoms with Gasteiger partial charge in [-0.2, -0.15) is 0 Å². The third-order valence-electron chi connectivity index (χ3n) is 1.80. The fourth-order valence-corrected chi connectivity index (χ4v) is 1.12. The minimum atomic E-state index is -5.21. The predicted octanol–water partition coefficient (Wildman–Crippen LogP) is 2.95. The Hall–Kier alpha value is -1.34. The third kappa shape index (κ3) is 3.35. The van der Waals surface area contributed by atoms with Crippen molar-refractivity contribution in [2.45, 2.75) is 13.3 Å². The summed E-state index contributed by atoms with van der Waals surface area (Å²) in [6.45, 7) is -4.09. The molecule has 0 spiro atoms. The second kappa shape index (κ2) is 3.91. The van der Waals surface area contributed by atoms with E-state index in [-0.39, 0.29) is 5.56 Å². The molecule has 0 saturated carbocycles. The Balaban J connectivity index is 3.01. The maximum absolute atomic E-state index is 12.2. The lowest BCUT2D eigenvalue weighted by Gasteiger charge is -2.17. The van der Waals surface area contributed by atoms with Gasteiger partial charge in [0.25, 0.3) is 0 Å². The van der Waals surface area contributed by atoms with Crippen LogP contribution in [0.1, 0.15) is 5.56 Å². The van der Waals surface area contributed by atoms with Crippen molar-refractivity contribution in [2.24, 2.45) is 0 Å². The SMILES string of the molecule is Cc1cc([B-](F)(F)F)ccc1OC(F)(F)F. The maximum atomic E-state index is 12.2. The van der Waals surface area contributed by atoms with E-state index in [0.717, 1.165) is 6.92 Å². The molecule has 0 aliphatic heterocycles. The van der Waals surface area contributed by atoms with Crippen LogP contribution in [0, 0.1) is 6.92 Å². The van der Waals surface area contributed by atoms with Crippen molar-refractivity contribution < 1.29 is 30.9 Å². The van der Waals surface area contributed by atoms with Crippen LogP contribution in [-0.2, 0) is 0 Å². The number of aryl methyl sites for hydroxylation is 1. The van der Waals surface area contributed by atoms with Gasteiger partial charge in [0.2, 0.25) is 0 Å². The largest absolute Gasteiger partial charge is 0.573 e. The average Bonchev–Trinajstić information content (AvgIpc) is 2.04. The van der Waals surface area contributed by atoms with Crippen LogP contribution in [0.2, 0.25) is 0 Å². The van der Waals surface area contributed by atoms with Crippen LogP contribution >= 0.6 is 0 Å². The van der Waals surface area contributed by atoms with Gasteiger partial charge in [-0.05, 0) is 18.6 Å². The van der Waals surface area contributed by atoms with Crippen LogP contribution in [0.15, 0.2) is 18.2 Å². The Morgan fingerprint density at radius 1 is 1.12 bits per heavy atom. The molecule has 1 rings (SSSR count). The first-order chi connectivity index (χ1) is 7.09. The molecule has 0 atom stereocenters. The molecule has 1 aromatic carbocycles. The van der Waals surface area contributed by atoms with E-state index in [0.29, 0.717) is 18.2 Å². The van der Waals surface area contributed by atoms with Crippen molar-refractivity contribution in [3.05, 3.63) is 23.8 Å². The first kappa shape index (κ1) is 12.7. The Bertz CT molecular complexity index is 383. The molecule has 1 nitrogen and oxygen atoms in total. The van der Waals surface area contributed by atoms with Crippen molar-refractivity contribution in [2.75, 3.05) is 0 Å². The van der Waals surface area contributed by atoms with Gasteiger partial charge in [-0.3, -0.25) is 0 Å². The monoisotopic (exact) mass is 243 g/mol. The van der Waals surface area contributed by atoms with Gasteiger partial charge >= 0.3 is 13.3 Å². The highest BCUT2D eigenvalue weighted by atomic mass is 19.4. The molecule has 0 heterocycles. The van der Waals surface area contributed by atoms with Crippen molar-refractivity contribution >= 4 is 12.4 Å². The summed E-state index contributed by atoms with van der Waals surface area (Å²) in [4.78, 5) is 0. The molecule has 90 valence electrons. The smallest absolute Gasteiger partial charge is 0.445 e. The molecule has 0 radical (unpaired) electrons. The summed E-state index contributed by atoms with van der Waals surface area (Å²) in [7, 11) is 0. The molecular formula is C8H6BF6O-. The lowest BCUT2D eigenvalue weighted by molar-refractivity contribution is -0.274. The lowest BCUT2D eigenvalue weighted by atomic mass is 9.79. The number of hydrogen-bond donors (Lipinski definition) is 0. The zero-order valence-corrected chi connectivity index (χ0v) is 7.99. The highest BCUT2D eigenvalue weighted by Crippen LogP contribution is 2.25. The van der Waals surface area contributed by atoms with Gasteiger partial charge in [-0.15, -0.1) is 18.6 Å². The molecule has 0 amide bonds. The van der Waals surface area contributed by atoms with Crippen molar-refractivity contribution in [1.82, 2.24) is 0 Å². The van der Waals surface area contributed by atoms with E-state index in [9.17, 15) is 26.1 Å². The van der Waals surface area contributed by atoms with Crippen molar-refractivity contribution in [1.29, 1.82) is 0 Å². The van der Waals surface area contributed by atoms with Gasteiger partial charge in [0.15, 0.2) is 0 Å². The molecule has 0 aliphatic rings. The zero-order valence-electron chi connectivity index (χ0n) is 7.99. The van der Waals surface area contributed by atoms with Gasteiger partial charge in [0.1, 0.15) is 5.75 Å². The van der Waals surface area contributed by atoms with Crippen molar-refractivity contribution in [3.8, 4) is 5.75 Å². The molecule has 0 bridgehead atoms. The zero-order chi connectivity index (χ0) is 12.6. The Labute approximate surface area is 87.1 Å². The van der Waals surface area contributed by atoms with Crippen LogP contribution in [0.25, 0.3) is 0 Å². The predicted molar refractivity (Wildman–Crippen MR) is 46.6 cm³/mol. The number of rotatable bonds is 2. The molecule has 0 N–H and O–H groups in total.